The van der Waals surface area contributed by atoms with E-state index < -0.39 is 5.60 Å². The van der Waals surface area contributed by atoms with Gasteiger partial charge >= 0.3 is 0 Å². The molecule has 1 heterocycles. The van der Waals surface area contributed by atoms with Gasteiger partial charge < -0.3 is 9.47 Å². The van der Waals surface area contributed by atoms with E-state index in [4.69, 9.17) is 9.47 Å². The number of hydrogen-bond acceptors (Lipinski definition) is 3. The van der Waals surface area contributed by atoms with Gasteiger partial charge in [-0.2, -0.15) is 0 Å². The monoisotopic (exact) mass is 312 g/mol. The van der Waals surface area contributed by atoms with Gasteiger partial charge in [0.05, 0.1) is 6.61 Å². The number of ketones is 1. The largest absolute Gasteiger partial charge is 0.494 e. The van der Waals surface area contributed by atoms with Gasteiger partial charge in [0, 0.05) is 16.6 Å². The Morgan fingerprint density at radius 2 is 2.33 bits per heavy atom. The van der Waals surface area contributed by atoms with Gasteiger partial charge in [-0.3, -0.25) is 4.79 Å². The standard InChI is InChI=1S/C14H17BrO3/c1-3-17-10-5-6-11(12(15)9-10)13(16)14(2)7-4-8-18-14/h5-6,9H,3-4,7-8H2,1-2H3. The van der Waals surface area contributed by atoms with Crippen LogP contribution in [0.25, 0.3) is 0 Å². The van der Waals surface area contributed by atoms with Gasteiger partial charge in [0.1, 0.15) is 11.4 Å². The minimum atomic E-state index is -0.671. The predicted molar refractivity (Wildman–Crippen MR) is 73.2 cm³/mol. The van der Waals surface area contributed by atoms with E-state index in [-0.39, 0.29) is 5.78 Å². The molecule has 1 aliphatic heterocycles. The number of ether oxygens (including phenoxy) is 2. The van der Waals surface area contributed by atoms with Crippen LogP contribution in [0.5, 0.6) is 5.75 Å². The molecule has 98 valence electrons. The van der Waals surface area contributed by atoms with Crippen LogP contribution >= 0.6 is 15.9 Å². The molecular formula is C14H17BrO3. The van der Waals surface area contributed by atoms with Crippen molar-refractivity contribution in [2.24, 2.45) is 0 Å². The molecule has 1 aromatic carbocycles. The van der Waals surface area contributed by atoms with Gasteiger partial charge in [0.2, 0.25) is 0 Å². The Labute approximate surface area is 116 Å². The zero-order chi connectivity index (χ0) is 13.2. The van der Waals surface area contributed by atoms with E-state index in [2.05, 4.69) is 15.9 Å². The predicted octanol–water partition coefficient (Wildman–Crippen LogP) is 3.60. The Morgan fingerprint density at radius 3 is 2.89 bits per heavy atom. The first-order valence-corrected chi connectivity index (χ1v) is 6.97. The van der Waals surface area contributed by atoms with Crippen molar-refractivity contribution in [2.75, 3.05) is 13.2 Å². The lowest BCUT2D eigenvalue weighted by atomic mass is 9.92. The molecular weight excluding hydrogens is 296 g/mol. The summed E-state index contributed by atoms with van der Waals surface area (Å²) >= 11 is 3.43. The van der Waals surface area contributed by atoms with Crippen LogP contribution in [0.2, 0.25) is 0 Å². The normalized spacial score (nSPS) is 23.1. The van der Waals surface area contributed by atoms with Crippen LogP contribution in [0.3, 0.4) is 0 Å². The van der Waals surface area contributed by atoms with Crippen molar-refractivity contribution in [3.05, 3.63) is 28.2 Å². The van der Waals surface area contributed by atoms with Gasteiger partial charge in [-0.15, -0.1) is 0 Å². The Morgan fingerprint density at radius 1 is 1.56 bits per heavy atom. The number of rotatable bonds is 4. The van der Waals surface area contributed by atoms with Gasteiger partial charge in [0.25, 0.3) is 0 Å². The maximum absolute atomic E-state index is 12.5. The molecule has 1 aromatic rings. The lowest BCUT2D eigenvalue weighted by Gasteiger charge is -2.22. The second kappa shape index (κ2) is 5.41. The molecule has 0 radical (unpaired) electrons. The van der Waals surface area contributed by atoms with Crippen LogP contribution in [-0.2, 0) is 4.74 Å². The third-order valence-electron chi connectivity index (χ3n) is 3.20. The van der Waals surface area contributed by atoms with Crippen molar-refractivity contribution in [3.63, 3.8) is 0 Å². The van der Waals surface area contributed by atoms with Crippen LogP contribution in [0, 0.1) is 0 Å². The van der Waals surface area contributed by atoms with E-state index in [1.165, 1.54) is 0 Å². The third kappa shape index (κ3) is 2.59. The number of hydrogen-bond donors (Lipinski definition) is 0. The Balaban J connectivity index is 2.25. The van der Waals surface area contributed by atoms with Gasteiger partial charge in [-0.25, -0.2) is 0 Å². The smallest absolute Gasteiger partial charge is 0.195 e. The number of benzene rings is 1. The SMILES string of the molecule is CCOc1ccc(C(=O)C2(C)CCCO2)c(Br)c1. The molecule has 0 bridgehead atoms. The van der Waals surface area contributed by atoms with E-state index in [0.29, 0.717) is 18.8 Å². The van der Waals surface area contributed by atoms with Crippen LogP contribution in [0.15, 0.2) is 22.7 Å². The molecule has 4 heteroatoms. The summed E-state index contributed by atoms with van der Waals surface area (Å²) in [5.41, 5.74) is -0.0156. The third-order valence-corrected chi connectivity index (χ3v) is 3.85. The van der Waals surface area contributed by atoms with Gasteiger partial charge in [-0.1, -0.05) is 0 Å². The number of halogens is 1. The fraction of sp³-hybridized carbons (Fsp3) is 0.500. The van der Waals surface area contributed by atoms with Crippen LogP contribution < -0.4 is 4.74 Å². The average Bonchev–Trinajstić information content (AvgIpc) is 2.77. The van der Waals surface area contributed by atoms with Crippen LogP contribution in [0.1, 0.15) is 37.0 Å². The molecule has 18 heavy (non-hydrogen) atoms. The minimum Gasteiger partial charge on any atom is -0.494 e. The molecule has 0 saturated carbocycles. The molecule has 2 rings (SSSR count). The topological polar surface area (TPSA) is 35.5 Å². The zero-order valence-electron chi connectivity index (χ0n) is 10.7. The maximum atomic E-state index is 12.5. The quantitative estimate of drug-likeness (QED) is 0.797. The lowest BCUT2D eigenvalue weighted by Crippen LogP contribution is -2.34. The molecule has 1 saturated heterocycles. The number of carbonyl (C=O) groups is 1. The molecule has 1 fully saturated rings. The van der Waals surface area contributed by atoms with Crippen LogP contribution in [-0.4, -0.2) is 24.6 Å². The minimum absolute atomic E-state index is 0.0370. The molecule has 0 amide bonds. The van der Waals surface area contributed by atoms with Crippen molar-refractivity contribution in [1.82, 2.24) is 0 Å². The molecule has 1 aliphatic rings. The highest BCUT2D eigenvalue weighted by Gasteiger charge is 2.38. The summed E-state index contributed by atoms with van der Waals surface area (Å²) in [6.45, 7) is 5.07. The molecule has 0 aliphatic carbocycles. The highest BCUT2D eigenvalue weighted by atomic mass is 79.9. The molecule has 0 spiro atoms. The lowest BCUT2D eigenvalue weighted by molar-refractivity contribution is 0.0213. The first kappa shape index (κ1) is 13.6. The maximum Gasteiger partial charge on any atom is 0.195 e. The summed E-state index contributed by atoms with van der Waals surface area (Å²) in [5.74, 6) is 0.799. The molecule has 1 atom stereocenters. The summed E-state index contributed by atoms with van der Waals surface area (Å²) in [5, 5.41) is 0. The summed E-state index contributed by atoms with van der Waals surface area (Å²) in [6.07, 6.45) is 1.72. The van der Waals surface area contributed by atoms with E-state index in [9.17, 15) is 4.79 Å². The summed E-state index contributed by atoms with van der Waals surface area (Å²) in [7, 11) is 0. The first-order valence-electron chi connectivity index (χ1n) is 6.18. The second-order valence-corrected chi connectivity index (χ2v) is 5.44. The fourth-order valence-electron chi connectivity index (χ4n) is 2.18. The summed E-state index contributed by atoms with van der Waals surface area (Å²) in [4.78, 5) is 12.5. The molecule has 0 aromatic heterocycles. The van der Waals surface area contributed by atoms with Gasteiger partial charge in [0.15, 0.2) is 5.78 Å². The summed E-state index contributed by atoms with van der Waals surface area (Å²) in [6, 6.07) is 5.44. The Bertz CT molecular complexity index is 450. The van der Waals surface area contributed by atoms with E-state index in [0.717, 1.165) is 23.1 Å². The second-order valence-electron chi connectivity index (χ2n) is 4.59. The van der Waals surface area contributed by atoms with Crippen molar-refractivity contribution in [3.8, 4) is 5.75 Å². The average molecular weight is 313 g/mol. The first-order chi connectivity index (χ1) is 8.57. The van der Waals surface area contributed by atoms with E-state index >= 15 is 0 Å². The van der Waals surface area contributed by atoms with Crippen LogP contribution in [0.4, 0.5) is 0 Å². The zero-order valence-corrected chi connectivity index (χ0v) is 12.2. The van der Waals surface area contributed by atoms with E-state index in [1.807, 2.05) is 26.0 Å². The van der Waals surface area contributed by atoms with Crippen molar-refractivity contribution < 1.29 is 14.3 Å². The van der Waals surface area contributed by atoms with Crippen molar-refractivity contribution in [2.45, 2.75) is 32.3 Å². The number of carbonyl (C=O) groups excluding carboxylic acids is 1. The summed E-state index contributed by atoms with van der Waals surface area (Å²) < 4.78 is 11.7. The highest BCUT2D eigenvalue weighted by Crippen LogP contribution is 2.32. The molecule has 3 nitrogen and oxygen atoms in total. The molecule has 1 unspecified atom stereocenters. The van der Waals surface area contributed by atoms with Crippen molar-refractivity contribution in [1.29, 1.82) is 0 Å². The number of Topliss-reactive ketones (excluding diaryl/α,β-unsaturated/α-hetero) is 1. The van der Waals surface area contributed by atoms with E-state index in [1.54, 1.807) is 6.07 Å². The van der Waals surface area contributed by atoms with Gasteiger partial charge in [-0.05, 0) is 60.8 Å². The fourth-order valence-corrected chi connectivity index (χ4v) is 2.72. The Hall–Kier alpha value is -0.870. The van der Waals surface area contributed by atoms with Crippen molar-refractivity contribution >= 4 is 21.7 Å². The highest BCUT2D eigenvalue weighted by molar-refractivity contribution is 9.10. The molecule has 0 N–H and O–H groups in total. The Kier molecular flexibility index (Phi) is 4.07.